The van der Waals surface area contributed by atoms with E-state index < -0.39 is 0 Å². The minimum absolute atomic E-state index is 0.234. The maximum Gasteiger partial charge on any atom is 0.338 e. The van der Waals surface area contributed by atoms with Gasteiger partial charge in [0.2, 0.25) is 0 Å². The van der Waals surface area contributed by atoms with Crippen molar-refractivity contribution in [2.75, 3.05) is 7.11 Å². The Balaban J connectivity index is 2.09. The maximum atomic E-state index is 12.0. The lowest BCUT2D eigenvalue weighted by atomic mass is 10.0. The van der Waals surface area contributed by atoms with Crippen LogP contribution in [0.4, 0.5) is 0 Å². The van der Waals surface area contributed by atoms with Crippen molar-refractivity contribution < 1.29 is 19.0 Å². The fraction of sp³-hybridized carbons (Fsp3) is 0.400. The number of benzene rings is 1. The van der Waals surface area contributed by atoms with Gasteiger partial charge in [0.15, 0.2) is 6.29 Å². The second-order valence-corrected chi connectivity index (χ2v) is 4.55. The summed E-state index contributed by atoms with van der Waals surface area (Å²) in [5.41, 5.74) is 1.48. The molecule has 0 spiro atoms. The predicted octanol–water partition coefficient (Wildman–Crippen LogP) is 2.55. The summed E-state index contributed by atoms with van der Waals surface area (Å²) in [6.45, 7) is 3.78. The Bertz CT molecular complexity index is 466. The molecule has 3 unspecified atom stereocenters. The highest BCUT2D eigenvalue weighted by atomic mass is 16.7. The van der Waals surface area contributed by atoms with Crippen LogP contribution in [0.5, 0.6) is 0 Å². The van der Waals surface area contributed by atoms with Crippen molar-refractivity contribution in [3.05, 3.63) is 47.5 Å². The van der Waals surface area contributed by atoms with Crippen LogP contribution in [0.2, 0.25) is 0 Å². The van der Waals surface area contributed by atoms with E-state index in [9.17, 15) is 4.79 Å². The largest absolute Gasteiger partial charge is 0.451 e. The average molecular weight is 262 g/mol. The summed E-state index contributed by atoms with van der Waals surface area (Å²) in [6, 6.07) is 8.93. The van der Waals surface area contributed by atoms with Crippen LogP contribution in [-0.4, -0.2) is 31.6 Å². The van der Waals surface area contributed by atoms with Crippen LogP contribution in [-0.2, 0) is 14.2 Å². The summed E-state index contributed by atoms with van der Waals surface area (Å²) in [4.78, 5) is 12.0. The lowest BCUT2D eigenvalue weighted by molar-refractivity contribution is -0.155. The molecule has 0 saturated carbocycles. The van der Waals surface area contributed by atoms with Crippen LogP contribution in [0.1, 0.15) is 24.2 Å². The highest BCUT2D eigenvalue weighted by Crippen LogP contribution is 2.23. The third-order valence-electron chi connectivity index (χ3n) is 3.10. The van der Waals surface area contributed by atoms with Gasteiger partial charge in [-0.1, -0.05) is 18.2 Å². The van der Waals surface area contributed by atoms with E-state index in [-0.39, 0.29) is 24.5 Å². The second-order valence-electron chi connectivity index (χ2n) is 4.55. The monoisotopic (exact) mass is 262 g/mol. The van der Waals surface area contributed by atoms with Gasteiger partial charge in [-0.05, 0) is 37.6 Å². The van der Waals surface area contributed by atoms with Gasteiger partial charge in [0, 0.05) is 7.11 Å². The topological polar surface area (TPSA) is 44.8 Å². The molecule has 1 aromatic carbocycles. The van der Waals surface area contributed by atoms with Crippen molar-refractivity contribution in [2.45, 2.75) is 32.3 Å². The van der Waals surface area contributed by atoms with E-state index in [2.05, 4.69) is 0 Å². The molecule has 0 aliphatic carbocycles. The Morgan fingerprint density at radius 2 is 1.95 bits per heavy atom. The molecule has 1 aliphatic heterocycles. The van der Waals surface area contributed by atoms with Gasteiger partial charge in [0.25, 0.3) is 0 Å². The van der Waals surface area contributed by atoms with Crippen molar-refractivity contribution in [1.29, 1.82) is 0 Å². The van der Waals surface area contributed by atoms with Crippen LogP contribution >= 0.6 is 0 Å². The lowest BCUT2D eigenvalue weighted by Gasteiger charge is -2.32. The molecule has 0 fully saturated rings. The number of ether oxygens (including phenoxy) is 3. The van der Waals surface area contributed by atoms with Crippen LogP contribution in [0, 0.1) is 0 Å². The van der Waals surface area contributed by atoms with E-state index in [0.29, 0.717) is 5.56 Å². The number of carbonyl (C=O) groups excluding carboxylic acids is 1. The Morgan fingerprint density at radius 1 is 1.26 bits per heavy atom. The molecule has 102 valence electrons. The molecule has 0 amide bonds. The molecule has 1 aliphatic rings. The van der Waals surface area contributed by atoms with Crippen LogP contribution in [0.25, 0.3) is 0 Å². The fourth-order valence-corrected chi connectivity index (χ4v) is 2.07. The van der Waals surface area contributed by atoms with Crippen LogP contribution in [0.3, 0.4) is 0 Å². The predicted molar refractivity (Wildman–Crippen MR) is 70.7 cm³/mol. The highest BCUT2D eigenvalue weighted by Gasteiger charge is 2.31. The molecule has 19 heavy (non-hydrogen) atoms. The highest BCUT2D eigenvalue weighted by molar-refractivity contribution is 5.89. The molecule has 0 saturated heterocycles. The first-order chi connectivity index (χ1) is 9.11. The Morgan fingerprint density at radius 3 is 2.53 bits per heavy atom. The summed E-state index contributed by atoms with van der Waals surface area (Å²) in [7, 11) is 1.58. The number of rotatable bonds is 3. The van der Waals surface area contributed by atoms with Gasteiger partial charge in [0.05, 0.1) is 11.7 Å². The third kappa shape index (κ3) is 3.22. The van der Waals surface area contributed by atoms with Gasteiger partial charge in [-0.15, -0.1) is 0 Å². The zero-order valence-electron chi connectivity index (χ0n) is 11.3. The van der Waals surface area contributed by atoms with Gasteiger partial charge >= 0.3 is 5.97 Å². The number of methoxy groups -OCH3 is 1. The van der Waals surface area contributed by atoms with Crippen molar-refractivity contribution in [3.8, 4) is 0 Å². The normalized spacial score (nSPS) is 26.7. The van der Waals surface area contributed by atoms with E-state index in [4.69, 9.17) is 14.2 Å². The quantitative estimate of drug-likeness (QED) is 0.620. The van der Waals surface area contributed by atoms with E-state index in [1.165, 1.54) is 0 Å². The maximum absolute atomic E-state index is 12.0. The van der Waals surface area contributed by atoms with Crippen molar-refractivity contribution in [1.82, 2.24) is 0 Å². The molecule has 3 atom stereocenters. The van der Waals surface area contributed by atoms with E-state index in [0.717, 1.165) is 5.57 Å². The first kappa shape index (κ1) is 13.8. The number of hydrogen-bond acceptors (Lipinski definition) is 4. The number of hydrogen-bond donors (Lipinski definition) is 0. The first-order valence-corrected chi connectivity index (χ1v) is 6.24. The van der Waals surface area contributed by atoms with Gasteiger partial charge in [-0.25, -0.2) is 4.79 Å². The molecule has 4 heteroatoms. The number of carbonyl (C=O) groups is 1. The molecule has 4 nitrogen and oxygen atoms in total. The smallest absolute Gasteiger partial charge is 0.338 e. The zero-order chi connectivity index (χ0) is 13.8. The SMILES string of the molecule is COC1C=C(C)C(OC(=O)c2ccccc2)C(C)O1. The molecule has 0 radical (unpaired) electrons. The molecule has 0 N–H and O–H groups in total. The molecule has 0 aromatic heterocycles. The average Bonchev–Trinajstić information content (AvgIpc) is 2.43. The van der Waals surface area contributed by atoms with E-state index >= 15 is 0 Å². The molecular weight excluding hydrogens is 244 g/mol. The summed E-state index contributed by atoms with van der Waals surface area (Å²) >= 11 is 0. The van der Waals surface area contributed by atoms with Crippen molar-refractivity contribution in [3.63, 3.8) is 0 Å². The van der Waals surface area contributed by atoms with Gasteiger partial charge in [-0.3, -0.25) is 0 Å². The van der Waals surface area contributed by atoms with E-state index in [1.807, 2.05) is 26.0 Å². The van der Waals surface area contributed by atoms with Crippen LogP contribution < -0.4 is 0 Å². The standard InChI is InChI=1S/C15H18O4/c1-10-9-13(17-3)18-11(2)14(10)19-15(16)12-7-5-4-6-8-12/h4-9,11,13-14H,1-3H3. The Hall–Kier alpha value is -1.65. The van der Waals surface area contributed by atoms with Gasteiger partial charge < -0.3 is 14.2 Å². The molecule has 1 heterocycles. The third-order valence-corrected chi connectivity index (χ3v) is 3.10. The van der Waals surface area contributed by atoms with Gasteiger partial charge in [0.1, 0.15) is 6.10 Å². The summed E-state index contributed by atoms with van der Waals surface area (Å²) in [6.07, 6.45) is 0.839. The van der Waals surface area contributed by atoms with Crippen molar-refractivity contribution in [2.24, 2.45) is 0 Å². The van der Waals surface area contributed by atoms with Gasteiger partial charge in [-0.2, -0.15) is 0 Å². The first-order valence-electron chi connectivity index (χ1n) is 6.24. The molecule has 1 aromatic rings. The summed E-state index contributed by atoms with van der Waals surface area (Å²) < 4.78 is 16.2. The minimum Gasteiger partial charge on any atom is -0.451 e. The minimum atomic E-state index is -0.376. The molecular formula is C15H18O4. The lowest BCUT2D eigenvalue weighted by Crippen LogP contribution is -2.39. The number of esters is 1. The van der Waals surface area contributed by atoms with E-state index in [1.54, 1.807) is 31.4 Å². The van der Waals surface area contributed by atoms with Crippen LogP contribution in [0.15, 0.2) is 42.0 Å². The summed E-state index contributed by atoms with van der Waals surface area (Å²) in [5, 5.41) is 0. The molecule has 0 bridgehead atoms. The Labute approximate surface area is 113 Å². The second kappa shape index (κ2) is 5.99. The van der Waals surface area contributed by atoms with Crippen molar-refractivity contribution >= 4 is 5.97 Å². The Kier molecular flexibility index (Phi) is 4.35. The molecule has 2 rings (SSSR count). The fourth-order valence-electron chi connectivity index (χ4n) is 2.07. The summed E-state index contributed by atoms with van der Waals surface area (Å²) in [5.74, 6) is -0.343. The zero-order valence-corrected chi connectivity index (χ0v) is 11.3.